The molecule has 1 aliphatic heterocycles. The van der Waals surface area contributed by atoms with E-state index in [9.17, 15) is 4.79 Å². The summed E-state index contributed by atoms with van der Waals surface area (Å²) >= 11 is 0. The Kier molecular flexibility index (Phi) is 6.63. The first-order valence-electron chi connectivity index (χ1n) is 13.0. The molecule has 0 N–H and O–H groups in total. The normalized spacial score (nSPS) is 14.6. The fourth-order valence-electron chi connectivity index (χ4n) is 5.50. The second-order valence-corrected chi connectivity index (χ2v) is 9.44. The number of fused-ring (bicyclic) bond motifs is 2. The Balaban J connectivity index is 1.66. The van der Waals surface area contributed by atoms with Crippen molar-refractivity contribution in [3.63, 3.8) is 0 Å². The van der Waals surface area contributed by atoms with Gasteiger partial charge in [-0.25, -0.2) is 0 Å². The molecule has 3 aromatic carbocycles. The minimum atomic E-state index is 0.0870. The molecule has 1 aromatic heterocycles. The van der Waals surface area contributed by atoms with Crippen molar-refractivity contribution in [2.75, 3.05) is 29.9 Å². The lowest BCUT2D eigenvalue weighted by molar-refractivity contribution is 0.578. The van der Waals surface area contributed by atoms with Crippen LogP contribution < -0.4 is 15.4 Å². The van der Waals surface area contributed by atoms with Gasteiger partial charge >= 0.3 is 0 Å². The van der Waals surface area contributed by atoms with E-state index in [0.29, 0.717) is 6.54 Å². The van der Waals surface area contributed by atoms with Gasteiger partial charge in [-0.1, -0.05) is 55.5 Å². The number of anilines is 2. The van der Waals surface area contributed by atoms with Gasteiger partial charge in [-0.05, 0) is 61.6 Å². The summed E-state index contributed by atoms with van der Waals surface area (Å²) in [6.07, 6.45) is 6.89. The van der Waals surface area contributed by atoms with Crippen LogP contribution in [0, 0.1) is 0 Å². The highest BCUT2D eigenvalue weighted by molar-refractivity contribution is 5.99. The van der Waals surface area contributed by atoms with Crippen LogP contribution in [0.1, 0.15) is 45.1 Å². The molecule has 0 unspecified atom stereocenters. The van der Waals surface area contributed by atoms with Crippen LogP contribution in [0.3, 0.4) is 0 Å². The van der Waals surface area contributed by atoms with Gasteiger partial charge in [0.1, 0.15) is 0 Å². The molecule has 2 heterocycles. The van der Waals surface area contributed by atoms with Crippen molar-refractivity contribution in [1.82, 2.24) is 4.57 Å². The van der Waals surface area contributed by atoms with Crippen molar-refractivity contribution in [3.8, 4) is 0 Å². The Bertz CT molecular complexity index is 1440. The Morgan fingerprint density at radius 1 is 0.914 bits per heavy atom. The molecule has 0 spiro atoms. The topological polar surface area (TPSA) is 28.5 Å². The van der Waals surface area contributed by atoms with Gasteiger partial charge in [0.25, 0.3) is 5.56 Å². The number of aromatic nitrogens is 1. The lowest BCUT2D eigenvalue weighted by Gasteiger charge is -2.31. The number of hydrogen-bond acceptors (Lipinski definition) is 3. The fourth-order valence-corrected chi connectivity index (χ4v) is 5.50. The summed E-state index contributed by atoms with van der Waals surface area (Å²) < 4.78 is 1.89. The van der Waals surface area contributed by atoms with Gasteiger partial charge in [-0.2, -0.15) is 0 Å². The van der Waals surface area contributed by atoms with E-state index in [1.54, 1.807) is 0 Å². The van der Waals surface area contributed by atoms with Crippen LogP contribution >= 0.6 is 0 Å². The lowest BCUT2D eigenvalue weighted by Crippen LogP contribution is -2.31. The Morgan fingerprint density at radius 3 is 2.46 bits per heavy atom. The maximum absolute atomic E-state index is 13.0. The minimum absolute atomic E-state index is 0.0870. The zero-order chi connectivity index (χ0) is 24.4. The maximum atomic E-state index is 13.0. The summed E-state index contributed by atoms with van der Waals surface area (Å²) in [5.41, 5.74) is 5.75. The SMILES string of the molecule is CC/C=C(\c1cccc2ccccc12)N(C)c1ccc2c(c1)c(N1CCCCC1)cc(=O)n2CC. The van der Waals surface area contributed by atoms with Crippen molar-refractivity contribution in [2.24, 2.45) is 0 Å². The average Bonchev–Trinajstić information content (AvgIpc) is 2.91. The van der Waals surface area contributed by atoms with Crippen LogP contribution in [0.25, 0.3) is 27.4 Å². The molecular formula is C31H35N3O. The zero-order valence-corrected chi connectivity index (χ0v) is 21.1. The third kappa shape index (κ3) is 4.34. The number of hydrogen-bond donors (Lipinski definition) is 0. The van der Waals surface area contributed by atoms with E-state index in [4.69, 9.17) is 0 Å². The summed E-state index contributed by atoms with van der Waals surface area (Å²) in [6.45, 7) is 6.93. The molecule has 1 saturated heterocycles. The third-order valence-electron chi connectivity index (χ3n) is 7.30. The summed E-state index contributed by atoms with van der Waals surface area (Å²) in [7, 11) is 2.15. The molecule has 0 aliphatic carbocycles. The van der Waals surface area contributed by atoms with Gasteiger partial charge in [0.15, 0.2) is 0 Å². The van der Waals surface area contributed by atoms with Gasteiger partial charge in [0, 0.05) is 55.1 Å². The highest BCUT2D eigenvalue weighted by Crippen LogP contribution is 2.35. The summed E-state index contributed by atoms with van der Waals surface area (Å²) in [6, 6.07) is 23.5. The molecule has 0 bridgehead atoms. The number of allylic oxidation sites excluding steroid dienone is 1. The van der Waals surface area contributed by atoms with Gasteiger partial charge in [0.2, 0.25) is 0 Å². The molecule has 0 saturated carbocycles. The van der Waals surface area contributed by atoms with E-state index < -0.39 is 0 Å². The predicted molar refractivity (Wildman–Crippen MR) is 151 cm³/mol. The van der Waals surface area contributed by atoms with Crippen molar-refractivity contribution in [2.45, 2.75) is 46.1 Å². The highest BCUT2D eigenvalue weighted by Gasteiger charge is 2.19. The molecular weight excluding hydrogens is 430 g/mol. The summed E-state index contributed by atoms with van der Waals surface area (Å²) in [5, 5.41) is 3.67. The molecule has 180 valence electrons. The highest BCUT2D eigenvalue weighted by atomic mass is 16.1. The summed E-state index contributed by atoms with van der Waals surface area (Å²) in [5.74, 6) is 0. The smallest absolute Gasteiger partial charge is 0.253 e. The van der Waals surface area contributed by atoms with Crippen LogP contribution in [-0.2, 0) is 6.54 Å². The largest absolute Gasteiger partial charge is 0.371 e. The van der Waals surface area contributed by atoms with Crippen LogP contribution in [0.4, 0.5) is 11.4 Å². The average molecular weight is 466 g/mol. The van der Waals surface area contributed by atoms with E-state index in [1.807, 2.05) is 17.6 Å². The molecule has 0 radical (unpaired) electrons. The Labute approximate surface area is 208 Å². The quantitative estimate of drug-likeness (QED) is 0.305. The number of piperidine rings is 1. The van der Waals surface area contributed by atoms with E-state index in [2.05, 4.69) is 90.5 Å². The van der Waals surface area contributed by atoms with Gasteiger partial charge in [-0.15, -0.1) is 0 Å². The maximum Gasteiger partial charge on any atom is 0.253 e. The number of nitrogens with zero attached hydrogens (tertiary/aromatic N) is 3. The minimum Gasteiger partial charge on any atom is -0.371 e. The first-order valence-corrected chi connectivity index (χ1v) is 13.0. The standard InChI is InChI=1S/C31H35N3O/c1-4-12-28(26-16-11-14-23-13-7-8-15-25(23)26)32(3)24-17-18-29-27(21-24)30(22-31(35)34(29)5-2)33-19-9-6-10-20-33/h7-8,11-18,21-22H,4-6,9-10,19-20H2,1-3H3/b28-12+. The molecule has 1 fully saturated rings. The molecule has 1 aliphatic rings. The number of benzene rings is 3. The van der Waals surface area contributed by atoms with Crippen LogP contribution in [0.2, 0.25) is 0 Å². The van der Waals surface area contributed by atoms with Crippen molar-refractivity contribution in [3.05, 3.63) is 88.7 Å². The second-order valence-electron chi connectivity index (χ2n) is 9.44. The molecule has 0 amide bonds. The van der Waals surface area contributed by atoms with Gasteiger partial charge < -0.3 is 14.4 Å². The first-order chi connectivity index (χ1) is 17.1. The number of pyridine rings is 1. The predicted octanol–water partition coefficient (Wildman–Crippen LogP) is 7.05. The second kappa shape index (κ2) is 9.99. The summed E-state index contributed by atoms with van der Waals surface area (Å²) in [4.78, 5) is 17.7. The van der Waals surface area contributed by atoms with Gasteiger partial charge in [0.05, 0.1) is 11.2 Å². The van der Waals surface area contributed by atoms with Gasteiger partial charge in [-0.3, -0.25) is 4.79 Å². The van der Waals surface area contributed by atoms with Crippen molar-refractivity contribution >= 4 is 38.7 Å². The monoisotopic (exact) mass is 465 g/mol. The van der Waals surface area contributed by atoms with E-state index in [0.717, 1.165) is 41.8 Å². The molecule has 0 atom stereocenters. The van der Waals surface area contributed by atoms with Crippen molar-refractivity contribution in [1.29, 1.82) is 0 Å². The fraction of sp³-hybridized carbons (Fsp3) is 0.323. The Hall–Kier alpha value is -3.53. The van der Waals surface area contributed by atoms with Crippen LogP contribution in [-0.4, -0.2) is 24.7 Å². The van der Waals surface area contributed by atoms with E-state index in [-0.39, 0.29) is 5.56 Å². The van der Waals surface area contributed by atoms with E-state index >= 15 is 0 Å². The first kappa shape index (κ1) is 23.2. The lowest BCUT2D eigenvalue weighted by atomic mass is 10.00. The number of rotatable bonds is 6. The Morgan fingerprint density at radius 2 is 1.69 bits per heavy atom. The molecule has 4 nitrogen and oxygen atoms in total. The van der Waals surface area contributed by atoms with E-state index in [1.165, 1.54) is 41.3 Å². The number of aryl methyl sites for hydroxylation is 1. The molecule has 5 rings (SSSR count). The van der Waals surface area contributed by atoms with Crippen molar-refractivity contribution < 1.29 is 0 Å². The van der Waals surface area contributed by atoms with Crippen LogP contribution in [0.15, 0.2) is 77.6 Å². The molecule has 35 heavy (non-hydrogen) atoms. The molecule has 4 aromatic rings. The zero-order valence-electron chi connectivity index (χ0n) is 21.1. The van der Waals surface area contributed by atoms with Crippen LogP contribution in [0.5, 0.6) is 0 Å². The molecule has 4 heteroatoms. The third-order valence-corrected chi connectivity index (χ3v) is 7.30.